The van der Waals surface area contributed by atoms with Gasteiger partial charge < -0.3 is 30.2 Å². The average molecular weight is 437 g/mol. The van der Waals surface area contributed by atoms with Gasteiger partial charge in [-0.25, -0.2) is 4.79 Å². The van der Waals surface area contributed by atoms with Gasteiger partial charge in [0.15, 0.2) is 16.0 Å². The van der Waals surface area contributed by atoms with Crippen molar-refractivity contribution >= 4 is 23.2 Å². The Hall–Kier alpha value is -1.20. The van der Waals surface area contributed by atoms with Gasteiger partial charge in [0.25, 0.3) is 0 Å². The number of hydrogen-bond donors (Lipinski definition) is 5. The molecule has 0 spiro atoms. The Bertz CT molecular complexity index is 760. The van der Waals surface area contributed by atoms with Crippen molar-refractivity contribution in [2.24, 2.45) is 0 Å². The van der Waals surface area contributed by atoms with E-state index in [1.165, 1.54) is 6.20 Å². The van der Waals surface area contributed by atoms with Crippen molar-refractivity contribution in [2.75, 3.05) is 12.3 Å². The van der Waals surface area contributed by atoms with E-state index in [9.17, 15) is 20.1 Å². The Balaban J connectivity index is 0.00000132. The van der Waals surface area contributed by atoms with Gasteiger partial charge in [-0.1, -0.05) is 20.8 Å². The van der Waals surface area contributed by atoms with Crippen LogP contribution in [0.25, 0.3) is 0 Å². The lowest BCUT2D eigenvalue weighted by atomic mass is 10.1. The summed E-state index contributed by atoms with van der Waals surface area (Å²) in [6.45, 7) is 10.2. The SMILES string of the molecule is CC(C)(C)[Si](C)(C)OCc1cn([C@@H]2O[C@H](CO)C(O)[C@@H]2O)c(=O)nc1N.[3H]N=P. The van der Waals surface area contributed by atoms with Crippen LogP contribution in [0.4, 0.5) is 5.82 Å². The molecule has 160 valence electrons. The molecule has 12 heteroatoms. The second-order valence-corrected chi connectivity index (χ2v) is 12.9. The van der Waals surface area contributed by atoms with Crippen LogP contribution in [-0.4, -0.2) is 58.1 Å². The Labute approximate surface area is 169 Å². The van der Waals surface area contributed by atoms with Crippen LogP contribution in [0.1, 0.15) is 32.6 Å². The summed E-state index contributed by atoms with van der Waals surface area (Å²) in [5.41, 5.74) is 5.64. The highest BCUT2D eigenvalue weighted by Gasteiger charge is 2.44. The predicted molar refractivity (Wildman–Crippen MR) is 109 cm³/mol. The van der Waals surface area contributed by atoms with E-state index in [1.54, 1.807) is 0 Å². The molecular formula is C16H31N4O6PSi. The molecule has 4 atom stereocenters. The number of anilines is 1. The number of nitrogens with two attached hydrogens (primary N) is 1. The number of nitrogen functional groups attached to an aromatic ring is 1. The van der Waals surface area contributed by atoms with Crippen molar-refractivity contribution in [3.05, 3.63) is 22.2 Å². The highest BCUT2D eigenvalue weighted by molar-refractivity contribution is 7.02. The van der Waals surface area contributed by atoms with Crippen LogP contribution in [0.5, 0.6) is 0 Å². The minimum Gasteiger partial charge on any atom is -0.412 e. The molecule has 0 amide bonds. The van der Waals surface area contributed by atoms with Crippen LogP contribution in [0.3, 0.4) is 0 Å². The fourth-order valence-electron chi connectivity index (χ4n) is 2.40. The number of ether oxygens (including phenoxy) is 1. The summed E-state index contributed by atoms with van der Waals surface area (Å²) >= 11 is 0. The lowest BCUT2D eigenvalue weighted by Crippen LogP contribution is -2.41. The molecule has 0 bridgehead atoms. The largest absolute Gasteiger partial charge is 0.412 e. The first kappa shape index (κ1) is 23.1. The highest BCUT2D eigenvalue weighted by atomic mass is 31.0. The van der Waals surface area contributed by atoms with Crippen LogP contribution in [0, 0.1) is 5.15 Å². The normalized spacial score (nSPS) is 25.6. The fourth-order valence-corrected chi connectivity index (χ4v) is 3.35. The van der Waals surface area contributed by atoms with Gasteiger partial charge in [-0.3, -0.25) is 9.72 Å². The van der Waals surface area contributed by atoms with Gasteiger partial charge in [0.1, 0.15) is 24.1 Å². The van der Waals surface area contributed by atoms with Gasteiger partial charge >= 0.3 is 5.69 Å². The summed E-state index contributed by atoms with van der Waals surface area (Å²) in [5.74, 6) is 0.0525. The number of nitrogens with zero attached hydrogens (tertiary/aromatic N) is 2. The van der Waals surface area contributed by atoms with E-state index < -0.39 is 45.2 Å². The van der Waals surface area contributed by atoms with Crippen molar-refractivity contribution in [3.63, 3.8) is 0 Å². The van der Waals surface area contributed by atoms with Gasteiger partial charge in [-0.15, -0.1) is 0 Å². The third-order valence-corrected chi connectivity index (χ3v) is 9.73. The van der Waals surface area contributed by atoms with Crippen LogP contribution < -0.4 is 11.4 Å². The third kappa shape index (κ3) is 5.23. The summed E-state index contributed by atoms with van der Waals surface area (Å²) < 4.78 is 18.3. The Morgan fingerprint density at radius 2 is 2.04 bits per heavy atom. The quantitative estimate of drug-likeness (QED) is 0.335. The first-order chi connectivity index (χ1) is 13.3. The van der Waals surface area contributed by atoms with Gasteiger partial charge in [0.2, 0.25) is 0 Å². The second kappa shape index (κ2) is 9.53. The summed E-state index contributed by atoms with van der Waals surface area (Å²) in [4.78, 5) is 16.0. The van der Waals surface area contributed by atoms with E-state index in [-0.39, 0.29) is 17.5 Å². The van der Waals surface area contributed by atoms with Crippen molar-refractivity contribution in [3.8, 4) is 0 Å². The standard InChI is InChI=1S/C16H29N3O6Si.H2NP/c1-16(2,3)26(4,5)24-8-9-6-19(15(23)18-13(9)17)14-12(22)11(21)10(7-20)25-14;1-2/h6,10-12,14,20-22H,7-8H2,1-5H3,(H2,17,18,23);1-2H/t10-,11?,12+,14-;/m1./s1/i/hT. The maximum Gasteiger partial charge on any atom is 0.351 e. The van der Waals surface area contributed by atoms with E-state index in [0.29, 0.717) is 5.56 Å². The van der Waals surface area contributed by atoms with Gasteiger partial charge in [0.05, 0.1) is 13.2 Å². The third-order valence-electron chi connectivity index (χ3n) is 5.25. The molecule has 1 aromatic rings. The number of hydrogen-bond acceptors (Lipinski definition) is 9. The zero-order chi connectivity index (χ0) is 22.6. The molecule has 10 nitrogen and oxygen atoms in total. The van der Waals surface area contributed by atoms with Crippen molar-refractivity contribution < 1.29 is 25.9 Å². The molecule has 1 unspecified atom stereocenters. The molecule has 1 fully saturated rings. The summed E-state index contributed by atoms with van der Waals surface area (Å²) in [7, 11) is 0.437. The second-order valence-electron chi connectivity index (χ2n) is 8.12. The number of nitrogens with one attached hydrogen (secondary N) is 1. The molecule has 0 aromatic carbocycles. The van der Waals surface area contributed by atoms with Crippen molar-refractivity contribution in [1.29, 1.82) is 5.15 Å². The maximum absolute atomic E-state index is 12.2. The van der Waals surface area contributed by atoms with Crippen molar-refractivity contribution in [2.45, 2.75) is 70.1 Å². The molecule has 1 aromatic heterocycles. The first-order valence-electron chi connectivity index (χ1n) is 9.20. The smallest absolute Gasteiger partial charge is 0.351 e. The number of aliphatic hydroxyl groups is 3. The molecule has 1 aliphatic heterocycles. The number of rotatable bonds is 5. The highest BCUT2D eigenvalue weighted by Crippen LogP contribution is 2.37. The molecular weight excluding hydrogens is 403 g/mol. The number of aromatic nitrogens is 2. The summed E-state index contributed by atoms with van der Waals surface area (Å²) in [6.07, 6.45) is -3.38. The lowest BCUT2D eigenvalue weighted by Gasteiger charge is -2.36. The summed E-state index contributed by atoms with van der Waals surface area (Å²) in [5, 5.41) is 31.8. The average Bonchev–Trinajstić information content (AvgIpc) is 2.89. The van der Waals surface area contributed by atoms with E-state index >= 15 is 0 Å². The Kier molecular flexibility index (Phi) is 7.86. The molecule has 0 saturated carbocycles. The topological polar surface area (TPSA) is 164 Å². The van der Waals surface area contributed by atoms with Crippen LogP contribution in [-0.2, 0) is 15.8 Å². The summed E-state index contributed by atoms with van der Waals surface area (Å²) in [6, 6.07) is 0. The van der Waals surface area contributed by atoms with E-state index in [1.807, 2.05) is 0 Å². The van der Waals surface area contributed by atoms with E-state index in [0.717, 1.165) is 4.57 Å². The van der Waals surface area contributed by atoms with E-state index in [2.05, 4.69) is 53.0 Å². The minimum atomic E-state index is -2.04. The van der Waals surface area contributed by atoms with Gasteiger partial charge in [-0.2, -0.15) is 4.98 Å². The predicted octanol–water partition coefficient (Wildman–Crippen LogP) is 0.850. The number of aliphatic hydroxyl groups excluding tert-OH is 3. The lowest BCUT2D eigenvalue weighted by molar-refractivity contribution is -0.0551. The maximum atomic E-state index is 12.2. The molecule has 2 rings (SSSR count). The monoisotopic (exact) mass is 436 g/mol. The Morgan fingerprint density at radius 3 is 2.50 bits per heavy atom. The van der Waals surface area contributed by atoms with Crippen molar-refractivity contribution in [1.82, 2.24) is 9.55 Å². The molecule has 0 radical (unpaired) electrons. The molecule has 1 aliphatic rings. The molecule has 6 N–H and O–H groups in total. The zero-order valence-electron chi connectivity index (χ0n) is 17.8. The molecule has 0 aliphatic carbocycles. The van der Waals surface area contributed by atoms with E-state index in [4.69, 9.17) is 16.3 Å². The fraction of sp³-hybridized carbons (Fsp3) is 0.750. The molecule has 2 heterocycles. The van der Waals surface area contributed by atoms with Crippen LogP contribution in [0.15, 0.2) is 11.0 Å². The van der Waals surface area contributed by atoms with Crippen LogP contribution >= 0.6 is 9.03 Å². The minimum absolute atomic E-state index is 0.00680. The molecule has 1 saturated heterocycles. The van der Waals surface area contributed by atoms with Gasteiger partial charge in [0, 0.05) is 11.8 Å². The van der Waals surface area contributed by atoms with Gasteiger partial charge in [-0.05, 0) is 27.2 Å². The first-order valence-corrected chi connectivity index (χ1v) is 12.1. The Morgan fingerprint density at radius 1 is 1.46 bits per heavy atom. The molecule has 28 heavy (non-hydrogen) atoms. The zero-order valence-corrected chi connectivity index (χ0v) is 18.8. The van der Waals surface area contributed by atoms with Crippen LogP contribution in [0.2, 0.25) is 19.5 Å².